The lowest BCUT2D eigenvalue weighted by Gasteiger charge is -2.30. The number of nitrogens with zero attached hydrogens (tertiary/aromatic N) is 1. The van der Waals surface area contributed by atoms with Crippen LogP contribution in [0.5, 0.6) is 0 Å². The Hall–Kier alpha value is -1.92. The standard InChI is InChI=1S/C18H22N2O3S/c1-13(15-8-7-14-5-3-4-6-16(14)11-15)20(17-9-10-17)18(21)12-19-24(2,22)23/h3-8,11,13,17,19H,9-10,12H2,1-2H3. The molecule has 128 valence electrons. The van der Waals surface area contributed by atoms with Gasteiger partial charge in [0.25, 0.3) is 0 Å². The molecule has 6 heteroatoms. The lowest BCUT2D eigenvalue weighted by atomic mass is 10.0. The van der Waals surface area contributed by atoms with Crippen molar-refractivity contribution in [2.75, 3.05) is 12.8 Å². The summed E-state index contributed by atoms with van der Waals surface area (Å²) in [5.74, 6) is -0.177. The molecule has 1 atom stereocenters. The van der Waals surface area contributed by atoms with E-state index in [1.54, 1.807) is 0 Å². The number of amides is 1. The smallest absolute Gasteiger partial charge is 0.238 e. The molecular formula is C18H22N2O3S. The van der Waals surface area contributed by atoms with Gasteiger partial charge in [0.15, 0.2) is 0 Å². The molecular weight excluding hydrogens is 324 g/mol. The van der Waals surface area contributed by atoms with Crippen LogP contribution in [0, 0.1) is 0 Å². The predicted octanol–water partition coefficient (Wildman–Crippen LogP) is 2.44. The van der Waals surface area contributed by atoms with Gasteiger partial charge in [0.2, 0.25) is 15.9 Å². The first-order valence-electron chi connectivity index (χ1n) is 8.09. The molecule has 1 fully saturated rings. The van der Waals surface area contributed by atoms with E-state index in [9.17, 15) is 13.2 Å². The number of carbonyl (C=O) groups excluding carboxylic acids is 1. The van der Waals surface area contributed by atoms with Crippen molar-refractivity contribution in [3.05, 3.63) is 48.0 Å². The van der Waals surface area contributed by atoms with Crippen LogP contribution >= 0.6 is 0 Å². The minimum Gasteiger partial charge on any atom is -0.332 e. The zero-order valence-corrected chi connectivity index (χ0v) is 14.7. The van der Waals surface area contributed by atoms with Crippen molar-refractivity contribution in [3.8, 4) is 0 Å². The van der Waals surface area contributed by atoms with E-state index in [-0.39, 0.29) is 24.5 Å². The van der Waals surface area contributed by atoms with Gasteiger partial charge in [-0.05, 0) is 42.2 Å². The van der Waals surface area contributed by atoms with Crippen LogP contribution in [0.1, 0.15) is 31.4 Å². The van der Waals surface area contributed by atoms with E-state index in [0.29, 0.717) is 0 Å². The van der Waals surface area contributed by atoms with Crippen molar-refractivity contribution in [3.63, 3.8) is 0 Å². The highest BCUT2D eigenvalue weighted by Gasteiger charge is 2.36. The van der Waals surface area contributed by atoms with Gasteiger partial charge in [0, 0.05) is 6.04 Å². The topological polar surface area (TPSA) is 66.5 Å². The minimum absolute atomic E-state index is 0.0871. The summed E-state index contributed by atoms with van der Waals surface area (Å²) in [7, 11) is -3.37. The zero-order chi connectivity index (χ0) is 17.3. The maximum Gasteiger partial charge on any atom is 0.238 e. The fraction of sp³-hybridized carbons (Fsp3) is 0.389. The quantitative estimate of drug-likeness (QED) is 0.874. The van der Waals surface area contributed by atoms with Crippen molar-refractivity contribution in [2.24, 2.45) is 0 Å². The molecule has 24 heavy (non-hydrogen) atoms. The van der Waals surface area contributed by atoms with Crippen LogP contribution < -0.4 is 4.72 Å². The highest BCUT2D eigenvalue weighted by Crippen LogP contribution is 2.35. The van der Waals surface area contributed by atoms with Gasteiger partial charge in [-0.2, -0.15) is 0 Å². The molecule has 0 spiro atoms. The summed E-state index contributed by atoms with van der Waals surface area (Å²) >= 11 is 0. The Labute approximate surface area is 142 Å². The SMILES string of the molecule is CC(c1ccc2ccccc2c1)N(C(=O)CNS(C)(=O)=O)C1CC1. The molecule has 1 unspecified atom stereocenters. The molecule has 1 aliphatic carbocycles. The molecule has 1 aliphatic rings. The molecule has 1 N–H and O–H groups in total. The lowest BCUT2D eigenvalue weighted by molar-refractivity contribution is -0.132. The first-order valence-corrected chi connectivity index (χ1v) is 9.99. The third kappa shape index (κ3) is 3.94. The Kier molecular flexibility index (Phi) is 4.60. The van der Waals surface area contributed by atoms with E-state index in [0.717, 1.165) is 35.4 Å². The molecule has 0 heterocycles. The van der Waals surface area contributed by atoms with Crippen molar-refractivity contribution in [2.45, 2.75) is 31.8 Å². The molecule has 0 saturated heterocycles. The first-order chi connectivity index (χ1) is 11.3. The summed E-state index contributed by atoms with van der Waals surface area (Å²) in [6, 6.07) is 14.4. The molecule has 2 aromatic carbocycles. The van der Waals surface area contributed by atoms with E-state index < -0.39 is 10.0 Å². The summed E-state index contributed by atoms with van der Waals surface area (Å²) in [6.45, 7) is 1.81. The highest BCUT2D eigenvalue weighted by molar-refractivity contribution is 7.88. The third-order valence-electron chi connectivity index (χ3n) is 4.39. The van der Waals surface area contributed by atoms with Crippen molar-refractivity contribution in [1.82, 2.24) is 9.62 Å². The Morgan fingerprint density at radius 2 is 1.88 bits per heavy atom. The van der Waals surface area contributed by atoms with Gasteiger partial charge in [-0.1, -0.05) is 36.4 Å². The Morgan fingerprint density at radius 3 is 2.50 bits per heavy atom. The third-order valence-corrected chi connectivity index (χ3v) is 5.06. The second-order valence-electron chi connectivity index (χ2n) is 6.41. The summed E-state index contributed by atoms with van der Waals surface area (Å²) in [5, 5.41) is 2.30. The average Bonchev–Trinajstić information content (AvgIpc) is 3.36. The van der Waals surface area contributed by atoms with Crippen LogP contribution in [0.3, 0.4) is 0 Å². The molecule has 5 nitrogen and oxygen atoms in total. The summed E-state index contributed by atoms with van der Waals surface area (Å²) in [5.41, 5.74) is 1.06. The number of hydrogen-bond donors (Lipinski definition) is 1. The van der Waals surface area contributed by atoms with Gasteiger partial charge < -0.3 is 4.90 Å². The van der Waals surface area contributed by atoms with E-state index in [2.05, 4.69) is 29.0 Å². The molecule has 0 bridgehead atoms. The Balaban J connectivity index is 1.83. The molecule has 1 saturated carbocycles. The largest absolute Gasteiger partial charge is 0.332 e. The minimum atomic E-state index is -3.37. The normalized spacial score (nSPS) is 16.1. The average molecular weight is 346 g/mol. The van der Waals surface area contributed by atoms with E-state index in [1.165, 1.54) is 0 Å². The summed E-state index contributed by atoms with van der Waals surface area (Å²) < 4.78 is 24.8. The van der Waals surface area contributed by atoms with Gasteiger partial charge in [0.05, 0.1) is 18.8 Å². The van der Waals surface area contributed by atoms with E-state index in [4.69, 9.17) is 0 Å². The molecule has 0 aliphatic heterocycles. The Bertz CT molecular complexity index is 859. The molecule has 1 amide bonds. The van der Waals surface area contributed by atoms with Gasteiger partial charge >= 0.3 is 0 Å². The second-order valence-corrected chi connectivity index (χ2v) is 8.24. The Morgan fingerprint density at radius 1 is 1.21 bits per heavy atom. The maximum atomic E-state index is 12.5. The number of sulfonamides is 1. The molecule has 3 rings (SSSR count). The molecule has 0 radical (unpaired) electrons. The van der Waals surface area contributed by atoms with Gasteiger partial charge in [0.1, 0.15) is 0 Å². The molecule has 0 aromatic heterocycles. The number of fused-ring (bicyclic) bond motifs is 1. The number of carbonyl (C=O) groups is 1. The summed E-state index contributed by atoms with van der Waals surface area (Å²) in [6.07, 6.45) is 3.01. The van der Waals surface area contributed by atoms with Gasteiger partial charge in [-0.25, -0.2) is 13.1 Å². The van der Waals surface area contributed by atoms with Crippen LogP contribution in [-0.2, 0) is 14.8 Å². The van der Waals surface area contributed by atoms with Crippen molar-refractivity contribution in [1.29, 1.82) is 0 Å². The highest BCUT2D eigenvalue weighted by atomic mass is 32.2. The van der Waals surface area contributed by atoms with Crippen LogP contribution in [0.2, 0.25) is 0 Å². The maximum absolute atomic E-state index is 12.5. The van der Waals surface area contributed by atoms with Crippen molar-refractivity contribution < 1.29 is 13.2 Å². The number of nitrogens with one attached hydrogen (secondary N) is 1. The number of benzene rings is 2. The molecule has 2 aromatic rings. The zero-order valence-electron chi connectivity index (χ0n) is 13.9. The monoisotopic (exact) mass is 346 g/mol. The fourth-order valence-electron chi connectivity index (χ4n) is 3.00. The number of rotatable bonds is 6. The van der Waals surface area contributed by atoms with Crippen LogP contribution in [0.4, 0.5) is 0 Å². The predicted molar refractivity (Wildman–Crippen MR) is 95.1 cm³/mol. The fourth-order valence-corrected chi connectivity index (χ4v) is 3.39. The first kappa shape index (κ1) is 16.9. The number of hydrogen-bond acceptors (Lipinski definition) is 3. The van der Waals surface area contributed by atoms with Crippen LogP contribution in [0.15, 0.2) is 42.5 Å². The van der Waals surface area contributed by atoms with E-state index in [1.807, 2.05) is 30.0 Å². The van der Waals surface area contributed by atoms with Crippen LogP contribution in [-0.4, -0.2) is 38.1 Å². The van der Waals surface area contributed by atoms with Crippen molar-refractivity contribution >= 4 is 26.7 Å². The second kappa shape index (κ2) is 6.53. The van der Waals surface area contributed by atoms with Gasteiger partial charge in [-0.3, -0.25) is 4.79 Å². The van der Waals surface area contributed by atoms with Crippen LogP contribution in [0.25, 0.3) is 10.8 Å². The van der Waals surface area contributed by atoms with E-state index >= 15 is 0 Å². The summed E-state index contributed by atoms with van der Waals surface area (Å²) in [4.78, 5) is 14.4. The van der Waals surface area contributed by atoms with Gasteiger partial charge in [-0.15, -0.1) is 0 Å². The lowest BCUT2D eigenvalue weighted by Crippen LogP contribution is -2.42.